The van der Waals surface area contributed by atoms with Gasteiger partial charge in [-0.2, -0.15) is 0 Å². The first-order valence-electron chi connectivity index (χ1n) is 11.9. The molecule has 1 aliphatic rings. The predicted molar refractivity (Wildman–Crippen MR) is 130 cm³/mol. The predicted octanol–water partition coefficient (Wildman–Crippen LogP) is 2.35. The molecule has 1 fully saturated rings. The zero-order chi connectivity index (χ0) is 26.5. The maximum Gasteiger partial charge on any atom is 0.408 e. The zero-order valence-electron chi connectivity index (χ0n) is 21.3. The van der Waals surface area contributed by atoms with Gasteiger partial charge in [0.05, 0.1) is 0 Å². The minimum absolute atomic E-state index is 0.0433. The monoisotopic (exact) mass is 490 g/mol. The first kappa shape index (κ1) is 27.9. The molecule has 1 saturated carbocycles. The molecule has 0 spiro atoms. The van der Waals surface area contributed by atoms with Gasteiger partial charge in [-0.05, 0) is 71.1 Å². The number of phenolic OH excluding ortho intramolecular Hbond substituents is 1. The lowest BCUT2D eigenvalue weighted by Gasteiger charge is -2.35. The highest BCUT2D eigenvalue weighted by molar-refractivity contribution is 5.93. The van der Waals surface area contributed by atoms with Gasteiger partial charge in [-0.1, -0.05) is 19.1 Å². The SMILES string of the molecule is CC(C)NC(=O)C(c1cccc(O)c1)N(C(=O)C(CCC(N)=O)NC(=O)OC(C)(C)C)C1CC1C. The van der Waals surface area contributed by atoms with Gasteiger partial charge in [-0.3, -0.25) is 14.4 Å². The maximum absolute atomic E-state index is 13.9. The lowest BCUT2D eigenvalue weighted by Crippen LogP contribution is -2.54. The van der Waals surface area contributed by atoms with Gasteiger partial charge in [0.2, 0.25) is 17.7 Å². The van der Waals surface area contributed by atoms with Gasteiger partial charge in [0, 0.05) is 18.5 Å². The summed E-state index contributed by atoms with van der Waals surface area (Å²) in [6.07, 6.45) is -0.339. The summed E-state index contributed by atoms with van der Waals surface area (Å²) in [6, 6.07) is 3.54. The number of benzene rings is 1. The van der Waals surface area contributed by atoms with Crippen LogP contribution in [0.4, 0.5) is 4.79 Å². The minimum Gasteiger partial charge on any atom is -0.508 e. The molecule has 0 radical (unpaired) electrons. The van der Waals surface area contributed by atoms with Crippen molar-refractivity contribution in [2.24, 2.45) is 11.7 Å². The second-order valence-corrected chi connectivity index (χ2v) is 10.4. The number of carbonyl (C=O) groups is 4. The molecule has 1 aromatic rings. The summed E-state index contributed by atoms with van der Waals surface area (Å²) in [4.78, 5) is 52.8. The van der Waals surface area contributed by atoms with Crippen LogP contribution in [0.15, 0.2) is 24.3 Å². The van der Waals surface area contributed by atoms with E-state index in [0.29, 0.717) is 12.0 Å². The summed E-state index contributed by atoms with van der Waals surface area (Å²) in [5, 5.41) is 15.5. The van der Waals surface area contributed by atoms with Crippen LogP contribution in [0.25, 0.3) is 0 Å². The van der Waals surface area contributed by atoms with E-state index in [-0.39, 0.29) is 36.6 Å². The molecule has 0 heterocycles. The van der Waals surface area contributed by atoms with Gasteiger partial charge in [0.15, 0.2) is 0 Å². The lowest BCUT2D eigenvalue weighted by atomic mass is 10.0. The fourth-order valence-electron chi connectivity index (χ4n) is 3.84. The third-order valence-corrected chi connectivity index (χ3v) is 5.49. The number of primary amides is 1. The molecule has 5 N–H and O–H groups in total. The van der Waals surface area contributed by atoms with Gasteiger partial charge in [0.25, 0.3) is 0 Å². The van der Waals surface area contributed by atoms with Crippen LogP contribution >= 0.6 is 0 Å². The third-order valence-electron chi connectivity index (χ3n) is 5.49. The zero-order valence-corrected chi connectivity index (χ0v) is 21.3. The van der Waals surface area contributed by atoms with Crippen LogP contribution < -0.4 is 16.4 Å². The van der Waals surface area contributed by atoms with Crippen molar-refractivity contribution in [2.75, 3.05) is 0 Å². The molecule has 2 rings (SSSR count). The Bertz CT molecular complexity index is 942. The van der Waals surface area contributed by atoms with E-state index in [9.17, 15) is 24.3 Å². The fourth-order valence-corrected chi connectivity index (χ4v) is 3.84. The van der Waals surface area contributed by atoms with Gasteiger partial charge in [-0.15, -0.1) is 0 Å². The first-order chi connectivity index (χ1) is 16.2. The van der Waals surface area contributed by atoms with E-state index >= 15 is 0 Å². The number of nitrogens with zero attached hydrogens (tertiary/aromatic N) is 1. The van der Waals surface area contributed by atoms with E-state index < -0.39 is 41.5 Å². The molecule has 1 aromatic carbocycles. The molecule has 4 atom stereocenters. The Morgan fingerprint density at radius 2 is 1.83 bits per heavy atom. The fraction of sp³-hybridized carbons (Fsp3) is 0.600. The molecule has 0 aromatic heterocycles. The molecule has 4 amide bonds. The smallest absolute Gasteiger partial charge is 0.408 e. The molecule has 10 nitrogen and oxygen atoms in total. The van der Waals surface area contributed by atoms with Crippen LogP contribution in [0.2, 0.25) is 0 Å². The van der Waals surface area contributed by atoms with Crippen molar-refractivity contribution < 1.29 is 29.0 Å². The van der Waals surface area contributed by atoms with Crippen molar-refractivity contribution in [1.29, 1.82) is 0 Å². The van der Waals surface area contributed by atoms with E-state index in [2.05, 4.69) is 10.6 Å². The number of alkyl carbamates (subject to hydrolysis) is 1. The van der Waals surface area contributed by atoms with Crippen molar-refractivity contribution >= 4 is 23.8 Å². The highest BCUT2D eigenvalue weighted by atomic mass is 16.6. The molecular weight excluding hydrogens is 452 g/mol. The van der Waals surface area contributed by atoms with Crippen molar-refractivity contribution in [1.82, 2.24) is 15.5 Å². The number of ether oxygens (including phenoxy) is 1. The van der Waals surface area contributed by atoms with E-state index in [4.69, 9.17) is 10.5 Å². The highest BCUT2D eigenvalue weighted by Gasteiger charge is 2.48. The van der Waals surface area contributed by atoms with Crippen LogP contribution in [0.1, 0.15) is 72.4 Å². The number of nitrogens with two attached hydrogens (primary N) is 1. The Labute approximate surface area is 206 Å². The van der Waals surface area contributed by atoms with Gasteiger partial charge in [0.1, 0.15) is 23.4 Å². The number of nitrogens with one attached hydrogen (secondary N) is 2. The second-order valence-electron chi connectivity index (χ2n) is 10.4. The van der Waals surface area contributed by atoms with Crippen LogP contribution in [-0.2, 0) is 19.1 Å². The molecule has 10 heteroatoms. The quantitative estimate of drug-likeness (QED) is 0.395. The van der Waals surface area contributed by atoms with Crippen LogP contribution in [0.5, 0.6) is 5.75 Å². The number of rotatable bonds is 10. The Balaban J connectivity index is 2.48. The average molecular weight is 491 g/mol. The second kappa shape index (κ2) is 11.4. The van der Waals surface area contributed by atoms with Crippen molar-refractivity contribution in [3.05, 3.63) is 29.8 Å². The van der Waals surface area contributed by atoms with Gasteiger partial charge in [-0.25, -0.2) is 4.79 Å². The number of hydrogen-bond donors (Lipinski definition) is 4. The topological polar surface area (TPSA) is 151 Å². The van der Waals surface area contributed by atoms with Gasteiger partial charge >= 0.3 is 6.09 Å². The molecule has 35 heavy (non-hydrogen) atoms. The molecule has 4 unspecified atom stereocenters. The number of hydrogen-bond acceptors (Lipinski definition) is 6. The number of carbonyl (C=O) groups excluding carboxylic acids is 4. The third kappa shape index (κ3) is 8.45. The van der Waals surface area contributed by atoms with Crippen molar-refractivity contribution in [3.8, 4) is 5.75 Å². The Hall–Kier alpha value is -3.30. The standard InChI is InChI=1S/C25H38N4O6/c1-14(2)27-22(32)21(16-8-7-9-17(30)13-16)29(19-12-15(19)3)23(33)18(10-11-20(26)31)28-24(34)35-25(4,5)6/h7-9,13-15,18-19,21,30H,10-12H2,1-6H3,(H2,26,31)(H,27,32)(H,28,34). The van der Waals surface area contributed by atoms with Crippen LogP contribution in [0, 0.1) is 5.92 Å². The molecule has 1 aliphatic carbocycles. The summed E-state index contributed by atoms with van der Waals surface area (Å²) in [6.45, 7) is 10.7. The molecule has 194 valence electrons. The summed E-state index contributed by atoms with van der Waals surface area (Å²) < 4.78 is 5.31. The summed E-state index contributed by atoms with van der Waals surface area (Å²) >= 11 is 0. The summed E-state index contributed by atoms with van der Waals surface area (Å²) in [5.41, 5.74) is 4.95. The normalized spacial score (nSPS) is 18.8. The van der Waals surface area contributed by atoms with E-state index in [1.54, 1.807) is 32.9 Å². The van der Waals surface area contributed by atoms with E-state index in [0.717, 1.165) is 0 Å². The van der Waals surface area contributed by atoms with E-state index in [1.165, 1.54) is 17.0 Å². The maximum atomic E-state index is 13.9. The Morgan fingerprint density at radius 1 is 1.20 bits per heavy atom. The molecular formula is C25H38N4O6. The number of phenols is 1. The number of aromatic hydroxyl groups is 1. The summed E-state index contributed by atoms with van der Waals surface area (Å²) in [7, 11) is 0. The number of amides is 4. The molecule has 0 aliphatic heterocycles. The Kier molecular flexibility index (Phi) is 9.12. The van der Waals surface area contributed by atoms with E-state index in [1.807, 2.05) is 20.8 Å². The van der Waals surface area contributed by atoms with Crippen LogP contribution in [-0.4, -0.2) is 57.5 Å². The largest absolute Gasteiger partial charge is 0.508 e. The first-order valence-corrected chi connectivity index (χ1v) is 11.9. The van der Waals surface area contributed by atoms with Gasteiger partial charge < -0.3 is 31.1 Å². The lowest BCUT2D eigenvalue weighted by molar-refractivity contribution is -0.144. The van der Waals surface area contributed by atoms with Crippen LogP contribution in [0.3, 0.4) is 0 Å². The van der Waals surface area contributed by atoms with Crippen molar-refractivity contribution in [3.63, 3.8) is 0 Å². The Morgan fingerprint density at radius 3 is 2.31 bits per heavy atom. The molecule has 0 bridgehead atoms. The van der Waals surface area contributed by atoms with Crippen molar-refractivity contribution in [2.45, 2.75) is 90.6 Å². The average Bonchev–Trinajstić information content (AvgIpc) is 3.42. The minimum atomic E-state index is -1.14. The highest BCUT2D eigenvalue weighted by Crippen LogP contribution is 2.41. The molecule has 0 saturated heterocycles. The summed E-state index contributed by atoms with van der Waals surface area (Å²) in [5.74, 6) is -1.48.